The van der Waals surface area contributed by atoms with Crippen LogP contribution in [0.2, 0.25) is 0 Å². The number of aliphatic imine (C=N–C) groups is 1. The van der Waals surface area contributed by atoms with Gasteiger partial charge in [-0.05, 0) is 18.6 Å². The van der Waals surface area contributed by atoms with Crippen LogP contribution in [0.4, 0.5) is 0 Å². The molecule has 1 amide bonds. The number of carbonyl (C=O) groups is 1. The summed E-state index contributed by atoms with van der Waals surface area (Å²) in [6.45, 7) is 2.05. The van der Waals surface area contributed by atoms with Crippen molar-refractivity contribution in [1.29, 1.82) is 0 Å². The van der Waals surface area contributed by atoms with Crippen molar-refractivity contribution in [3.8, 4) is 0 Å². The summed E-state index contributed by atoms with van der Waals surface area (Å²) >= 11 is 1.46. The van der Waals surface area contributed by atoms with Gasteiger partial charge in [-0.25, -0.2) is 0 Å². The van der Waals surface area contributed by atoms with E-state index in [1.165, 1.54) is 11.8 Å². The van der Waals surface area contributed by atoms with Crippen molar-refractivity contribution in [3.63, 3.8) is 0 Å². The van der Waals surface area contributed by atoms with Gasteiger partial charge in [-0.3, -0.25) is 9.78 Å². The molecule has 1 radical (unpaired) electrons. The van der Waals surface area contributed by atoms with Crippen molar-refractivity contribution in [1.82, 2.24) is 15.8 Å². The number of hydrogen-bond acceptors (Lipinski definition) is 4. The first-order chi connectivity index (χ1) is 7.79. The summed E-state index contributed by atoms with van der Waals surface area (Å²) < 4.78 is 0. The highest BCUT2D eigenvalue weighted by atomic mass is 32.2. The minimum atomic E-state index is -0.356. The first-order valence-electron chi connectivity index (χ1n) is 4.96. The van der Waals surface area contributed by atoms with Crippen molar-refractivity contribution < 1.29 is 4.79 Å². The van der Waals surface area contributed by atoms with E-state index in [2.05, 4.69) is 20.8 Å². The van der Waals surface area contributed by atoms with Crippen LogP contribution in [0.5, 0.6) is 0 Å². The van der Waals surface area contributed by atoms with Crippen molar-refractivity contribution in [2.75, 3.05) is 0 Å². The number of carbonyl (C=O) groups excluding carboxylic acids is 1. The molecule has 1 saturated heterocycles. The predicted molar refractivity (Wildman–Crippen MR) is 62.9 cm³/mol. The normalized spacial score (nSPS) is 22.1. The summed E-state index contributed by atoms with van der Waals surface area (Å²) in [7, 11) is 0. The topological polar surface area (TPSA) is 68.5 Å². The Balaban J connectivity index is 2.05. The smallest absolute Gasteiger partial charge is 0.265 e. The quantitative estimate of drug-likeness (QED) is 0.835. The molecule has 1 aliphatic rings. The molecule has 1 aromatic rings. The molecule has 0 bridgehead atoms. The molecule has 1 aromatic heterocycles. The molecule has 0 aromatic carbocycles. The lowest BCUT2D eigenvalue weighted by atomic mass is 10.3. The third-order valence-electron chi connectivity index (χ3n) is 2.00. The average Bonchev–Trinajstić information content (AvgIpc) is 2.78. The predicted octanol–water partition coefficient (Wildman–Crippen LogP) is 1.17. The van der Waals surface area contributed by atoms with Crippen LogP contribution >= 0.6 is 11.8 Å². The molecule has 1 aliphatic heterocycles. The maximum atomic E-state index is 11.6. The van der Waals surface area contributed by atoms with Crippen LogP contribution in [0, 0.1) is 0 Å². The van der Waals surface area contributed by atoms with Crippen LogP contribution in [0.3, 0.4) is 0 Å². The Bertz CT molecular complexity index is 407. The number of amidine groups is 1. The fraction of sp³-hybridized carbons (Fsp3) is 0.300. The van der Waals surface area contributed by atoms with E-state index in [4.69, 9.17) is 0 Å². The summed E-state index contributed by atoms with van der Waals surface area (Å²) in [5.74, 6) is -0.356. The van der Waals surface area contributed by atoms with Crippen molar-refractivity contribution in [3.05, 3.63) is 30.1 Å². The van der Waals surface area contributed by atoms with Crippen molar-refractivity contribution in [2.45, 2.75) is 18.7 Å². The van der Waals surface area contributed by atoms with Gasteiger partial charge >= 0.3 is 0 Å². The Morgan fingerprint density at radius 3 is 3.12 bits per heavy atom. The van der Waals surface area contributed by atoms with E-state index in [1.807, 2.05) is 6.92 Å². The lowest BCUT2D eigenvalue weighted by molar-refractivity contribution is 0.0998. The summed E-state index contributed by atoms with van der Waals surface area (Å²) in [4.78, 5) is 19.5. The fourth-order valence-corrected chi connectivity index (χ4v) is 1.93. The Morgan fingerprint density at radius 1 is 1.62 bits per heavy atom. The summed E-state index contributed by atoms with van der Waals surface area (Å²) in [6.07, 6.45) is 2.50. The minimum absolute atomic E-state index is 0.218. The number of nitrogens with zero attached hydrogens (tertiary/aromatic N) is 3. The number of rotatable bonds is 2. The highest BCUT2D eigenvalue weighted by Gasteiger charge is 2.21. The van der Waals surface area contributed by atoms with Gasteiger partial charge in [0.25, 0.3) is 5.91 Å². The molecule has 6 heteroatoms. The number of aromatic nitrogens is 1. The van der Waals surface area contributed by atoms with Crippen LogP contribution in [-0.2, 0) is 0 Å². The van der Waals surface area contributed by atoms with E-state index >= 15 is 0 Å². The zero-order valence-electron chi connectivity index (χ0n) is 8.75. The molecule has 2 heterocycles. The van der Waals surface area contributed by atoms with Gasteiger partial charge in [0.2, 0.25) is 5.17 Å². The van der Waals surface area contributed by atoms with Crippen molar-refractivity contribution in [2.24, 2.45) is 4.99 Å². The van der Waals surface area contributed by atoms with Crippen LogP contribution in [-0.4, -0.2) is 21.4 Å². The number of nitrogens with one attached hydrogen (secondary N) is 1. The fourth-order valence-electron chi connectivity index (χ4n) is 1.17. The van der Waals surface area contributed by atoms with Gasteiger partial charge in [0.05, 0.1) is 5.37 Å². The van der Waals surface area contributed by atoms with Crippen LogP contribution < -0.4 is 10.9 Å². The minimum Gasteiger partial charge on any atom is -0.265 e. The second-order valence-electron chi connectivity index (χ2n) is 3.17. The summed E-state index contributed by atoms with van der Waals surface area (Å²) in [6, 6.07) is 5.15. The Labute approximate surface area is 97.7 Å². The van der Waals surface area contributed by atoms with Crippen molar-refractivity contribution >= 4 is 22.8 Å². The summed E-state index contributed by atoms with van der Waals surface area (Å²) in [5, 5.41) is 0.692. The van der Waals surface area contributed by atoms with E-state index in [1.54, 1.807) is 24.4 Å². The monoisotopic (exact) mass is 235 g/mol. The molecule has 0 saturated carbocycles. The molecule has 0 spiro atoms. The molecule has 1 fully saturated rings. The first kappa shape index (κ1) is 11.1. The molecular weight excluding hydrogens is 224 g/mol. The van der Waals surface area contributed by atoms with Gasteiger partial charge in [-0.2, -0.15) is 15.8 Å². The molecule has 16 heavy (non-hydrogen) atoms. The third kappa shape index (κ3) is 2.59. The average molecular weight is 235 g/mol. The van der Waals surface area contributed by atoms with E-state index in [0.29, 0.717) is 10.9 Å². The Kier molecular flexibility index (Phi) is 3.53. The number of amides is 1. The second kappa shape index (κ2) is 5.09. The Morgan fingerprint density at radius 2 is 2.50 bits per heavy atom. The van der Waals surface area contributed by atoms with Gasteiger partial charge < -0.3 is 0 Å². The second-order valence-corrected chi connectivity index (χ2v) is 4.34. The highest BCUT2D eigenvalue weighted by molar-refractivity contribution is 8.14. The van der Waals surface area contributed by atoms with Gasteiger partial charge in [0.1, 0.15) is 5.69 Å². The molecule has 2 rings (SSSR count). The standard InChI is InChI=1S/C10H11N4OS/c1-2-8-13-14-10(16-8)12-9(15)7-5-3-4-6-11-7/h3-6,8,13H,2H2,1H3. The van der Waals surface area contributed by atoms with E-state index in [-0.39, 0.29) is 11.3 Å². The SMILES string of the molecule is CCC1N[N]C(=NC(=O)c2ccccn2)S1. The van der Waals surface area contributed by atoms with E-state index in [9.17, 15) is 4.79 Å². The molecular formula is C10H11N4OS. The molecule has 1 unspecified atom stereocenters. The van der Waals surface area contributed by atoms with Gasteiger partial charge in [0.15, 0.2) is 0 Å². The van der Waals surface area contributed by atoms with Gasteiger partial charge in [-0.15, -0.1) is 0 Å². The molecule has 83 valence electrons. The first-order valence-corrected chi connectivity index (χ1v) is 5.84. The zero-order chi connectivity index (χ0) is 11.4. The van der Waals surface area contributed by atoms with E-state index < -0.39 is 0 Å². The number of thioether (sulfide) groups is 1. The van der Waals surface area contributed by atoms with Gasteiger partial charge in [-0.1, -0.05) is 24.8 Å². The Hall–Kier alpha value is -1.40. The molecule has 1 N–H and O–H groups in total. The lowest BCUT2D eigenvalue weighted by Gasteiger charge is -1.98. The summed E-state index contributed by atoms with van der Waals surface area (Å²) in [5.41, 5.74) is 7.20. The lowest BCUT2D eigenvalue weighted by Crippen LogP contribution is -2.24. The maximum absolute atomic E-state index is 11.6. The number of pyridine rings is 1. The van der Waals surface area contributed by atoms with Crippen LogP contribution in [0.1, 0.15) is 23.8 Å². The maximum Gasteiger partial charge on any atom is 0.298 e. The van der Waals surface area contributed by atoms with Gasteiger partial charge in [0, 0.05) is 6.20 Å². The number of hydrogen-bond donors (Lipinski definition) is 1. The largest absolute Gasteiger partial charge is 0.298 e. The van der Waals surface area contributed by atoms with Crippen LogP contribution in [0.25, 0.3) is 0 Å². The zero-order valence-corrected chi connectivity index (χ0v) is 9.57. The molecule has 0 aliphatic carbocycles. The highest BCUT2D eigenvalue weighted by Crippen LogP contribution is 2.18. The molecule has 5 nitrogen and oxygen atoms in total. The molecule has 1 atom stereocenters. The third-order valence-corrected chi connectivity index (χ3v) is 3.12. The van der Waals surface area contributed by atoms with Crippen LogP contribution in [0.15, 0.2) is 29.4 Å². The van der Waals surface area contributed by atoms with E-state index in [0.717, 1.165) is 6.42 Å².